The van der Waals surface area contributed by atoms with E-state index in [1.165, 1.54) is 5.56 Å². The van der Waals surface area contributed by atoms with Gasteiger partial charge in [0.1, 0.15) is 5.75 Å². The first kappa shape index (κ1) is 18.3. The van der Waals surface area contributed by atoms with E-state index in [1.54, 1.807) is 0 Å². The Balaban J connectivity index is 1.95. The standard InChI is InChI=1S/C18H19BrINO2/c1-18(2,3)12-4-9-16(15(19)10-12)23-11-17(22)21-14-7-5-13(20)6-8-14/h4-10H,11H2,1-3H3,(H,21,22). The second-order valence-corrected chi connectivity index (χ2v) is 8.34. The van der Waals surface area contributed by atoms with Crippen LogP contribution in [0.5, 0.6) is 5.75 Å². The molecule has 0 unspecified atom stereocenters. The van der Waals surface area contributed by atoms with Crippen LogP contribution in [0.4, 0.5) is 5.69 Å². The van der Waals surface area contributed by atoms with Crippen LogP contribution in [0.3, 0.4) is 0 Å². The highest BCUT2D eigenvalue weighted by Crippen LogP contribution is 2.31. The second-order valence-electron chi connectivity index (χ2n) is 6.24. The predicted molar refractivity (Wildman–Crippen MR) is 106 cm³/mol. The Morgan fingerprint density at radius 3 is 2.39 bits per heavy atom. The Morgan fingerprint density at radius 1 is 1.17 bits per heavy atom. The summed E-state index contributed by atoms with van der Waals surface area (Å²) in [6, 6.07) is 13.6. The van der Waals surface area contributed by atoms with Gasteiger partial charge in [-0.25, -0.2) is 0 Å². The molecule has 0 spiro atoms. The molecule has 0 aliphatic heterocycles. The van der Waals surface area contributed by atoms with E-state index in [0.717, 1.165) is 13.7 Å². The van der Waals surface area contributed by atoms with Gasteiger partial charge in [0.25, 0.3) is 5.91 Å². The summed E-state index contributed by atoms with van der Waals surface area (Å²) in [5, 5.41) is 2.81. The first-order chi connectivity index (χ1) is 10.8. The average molecular weight is 488 g/mol. The normalized spacial score (nSPS) is 11.2. The minimum atomic E-state index is -0.182. The van der Waals surface area contributed by atoms with Crippen LogP contribution in [-0.2, 0) is 10.2 Å². The quantitative estimate of drug-likeness (QED) is 0.589. The molecule has 23 heavy (non-hydrogen) atoms. The van der Waals surface area contributed by atoms with Gasteiger partial charge in [0.2, 0.25) is 0 Å². The van der Waals surface area contributed by atoms with Gasteiger partial charge in [-0.15, -0.1) is 0 Å². The van der Waals surface area contributed by atoms with E-state index in [1.807, 2.05) is 42.5 Å². The van der Waals surface area contributed by atoms with Crippen LogP contribution < -0.4 is 10.1 Å². The lowest BCUT2D eigenvalue weighted by atomic mass is 9.87. The molecule has 1 N–H and O–H groups in total. The average Bonchev–Trinajstić information content (AvgIpc) is 2.47. The van der Waals surface area contributed by atoms with Crippen LogP contribution in [0, 0.1) is 3.57 Å². The lowest BCUT2D eigenvalue weighted by Gasteiger charge is -2.20. The Labute approximate surface area is 159 Å². The molecule has 1 amide bonds. The van der Waals surface area contributed by atoms with Crippen LogP contribution in [0.15, 0.2) is 46.9 Å². The van der Waals surface area contributed by atoms with Gasteiger partial charge >= 0.3 is 0 Å². The van der Waals surface area contributed by atoms with E-state index in [2.05, 4.69) is 64.6 Å². The minimum absolute atomic E-state index is 0.0283. The number of hydrogen-bond acceptors (Lipinski definition) is 2. The summed E-state index contributed by atoms with van der Waals surface area (Å²) in [6.45, 7) is 6.44. The maximum absolute atomic E-state index is 12.0. The third kappa shape index (κ3) is 5.49. The fraction of sp³-hybridized carbons (Fsp3) is 0.278. The number of amides is 1. The summed E-state index contributed by atoms with van der Waals surface area (Å²) in [6.07, 6.45) is 0. The summed E-state index contributed by atoms with van der Waals surface area (Å²) < 4.78 is 7.58. The molecule has 0 radical (unpaired) electrons. The topological polar surface area (TPSA) is 38.3 Å². The molecule has 0 bridgehead atoms. The molecule has 0 fully saturated rings. The van der Waals surface area contributed by atoms with Crippen molar-refractivity contribution in [3.05, 3.63) is 56.1 Å². The first-order valence-corrected chi connectivity index (χ1v) is 9.11. The van der Waals surface area contributed by atoms with Gasteiger partial charge in [-0.1, -0.05) is 26.8 Å². The van der Waals surface area contributed by atoms with E-state index in [4.69, 9.17) is 4.74 Å². The van der Waals surface area contributed by atoms with Crippen molar-refractivity contribution < 1.29 is 9.53 Å². The maximum atomic E-state index is 12.0. The van der Waals surface area contributed by atoms with Crippen LogP contribution in [-0.4, -0.2) is 12.5 Å². The zero-order chi connectivity index (χ0) is 17.0. The minimum Gasteiger partial charge on any atom is -0.483 e. The van der Waals surface area contributed by atoms with E-state index < -0.39 is 0 Å². The monoisotopic (exact) mass is 487 g/mol. The number of anilines is 1. The summed E-state index contributed by atoms with van der Waals surface area (Å²) in [7, 11) is 0. The number of ether oxygens (including phenoxy) is 1. The summed E-state index contributed by atoms with van der Waals surface area (Å²) in [5.41, 5.74) is 2.05. The van der Waals surface area contributed by atoms with Crippen LogP contribution in [0.25, 0.3) is 0 Å². The lowest BCUT2D eigenvalue weighted by Crippen LogP contribution is -2.20. The smallest absolute Gasteiger partial charge is 0.262 e. The second kappa shape index (κ2) is 7.66. The largest absolute Gasteiger partial charge is 0.483 e. The van der Waals surface area contributed by atoms with Crippen molar-refractivity contribution in [2.75, 3.05) is 11.9 Å². The number of hydrogen-bond donors (Lipinski definition) is 1. The molecule has 0 heterocycles. The Hall–Kier alpha value is -1.08. The zero-order valence-electron chi connectivity index (χ0n) is 13.3. The molecular weight excluding hydrogens is 469 g/mol. The van der Waals surface area contributed by atoms with Crippen molar-refractivity contribution >= 4 is 50.1 Å². The van der Waals surface area contributed by atoms with Crippen molar-refractivity contribution in [3.8, 4) is 5.75 Å². The fourth-order valence-electron chi connectivity index (χ4n) is 1.96. The van der Waals surface area contributed by atoms with Crippen LogP contribution in [0.2, 0.25) is 0 Å². The summed E-state index contributed by atoms with van der Waals surface area (Å²) >= 11 is 5.73. The van der Waals surface area contributed by atoms with Gasteiger partial charge < -0.3 is 10.1 Å². The number of benzene rings is 2. The predicted octanol–water partition coefficient (Wildman–Crippen LogP) is 5.37. The molecule has 5 heteroatoms. The number of halogens is 2. The van der Waals surface area contributed by atoms with E-state index in [9.17, 15) is 4.79 Å². The highest BCUT2D eigenvalue weighted by molar-refractivity contribution is 14.1. The van der Waals surface area contributed by atoms with Gasteiger partial charge in [0.15, 0.2) is 6.61 Å². The Bertz CT molecular complexity index is 693. The van der Waals surface area contributed by atoms with E-state index in [-0.39, 0.29) is 17.9 Å². The van der Waals surface area contributed by atoms with Crippen molar-refractivity contribution in [2.24, 2.45) is 0 Å². The van der Waals surface area contributed by atoms with Crippen molar-refractivity contribution in [1.82, 2.24) is 0 Å². The van der Waals surface area contributed by atoms with Crippen molar-refractivity contribution in [2.45, 2.75) is 26.2 Å². The molecule has 3 nitrogen and oxygen atoms in total. The Morgan fingerprint density at radius 2 is 1.83 bits per heavy atom. The third-order valence-electron chi connectivity index (χ3n) is 3.28. The number of rotatable bonds is 4. The molecule has 2 aromatic rings. The van der Waals surface area contributed by atoms with Gasteiger partial charge in [-0.2, -0.15) is 0 Å². The van der Waals surface area contributed by atoms with Gasteiger partial charge in [-0.05, 0) is 85.9 Å². The molecule has 0 atom stereocenters. The molecule has 2 rings (SSSR count). The first-order valence-electron chi connectivity index (χ1n) is 7.24. The number of carbonyl (C=O) groups excluding carboxylic acids is 1. The van der Waals surface area contributed by atoms with Crippen LogP contribution >= 0.6 is 38.5 Å². The molecular formula is C18H19BrINO2. The summed E-state index contributed by atoms with van der Waals surface area (Å²) in [5.74, 6) is 0.480. The molecule has 0 saturated heterocycles. The highest BCUT2D eigenvalue weighted by atomic mass is 127. The molecule has 0 aliphatic rings. The molecule has 0 aromatic heterocycles. The molecule has 0 saturated carbocycles. The summed E-state index contributed by atoms with van der Waals surface area (Å²) in [4.78, 5) is 12.0. The highest BCUT2D eigenvalue weighted by Gasteiger charge is 2.15. The fourth-order valence-corrected chi connectivity index (χ4v) is 2.81. The van der Waals surface area contributed by atoms with Crippen LogP contribution in [0.1, 0.15) is 26.3 Å². The number of carbonyl (C=O) groups is 1. The van der Waals surface area contributed by atoms with Gasteiger partial charge in [0.05, 0.1) is 4.47 Å². The van der Waals surface area contributed by atoms with Crippen molar-refractivity contribution in [1.29, 1.82) is 0 Å². The number of nitrogens with one attached hydrogen (secondary N) is 1. The van der Waals surface area contributed by atoms with Crippen molar-refractivity contribution in [3.63, 3.8) is 0 Å². The third-order valence-corrected chi connectivity index (χ3v) is 4.62. The molecule has 122 valence electrons. The van der Waals surface area contributed by atoms with E-state index in [0.29, 0.717) is 5.75 Å². The zero-order valence-corrected chi connectivity index (χ0v) is 17.1. The maximum Gasteiger partial charge on any atom is 0.262 e. The Kier molecular flexibility index (Phi) is 6.08. The SMILES string of the molecule is CC(C)(C)c1ccc(OCC(=O)Nc2ccc(I)cc2)c(Br)c1. The van der Waals surface area contributed by atoms with E-state index >= 15 is 0 Å². The van der Waals surface area contributed by atoms with Gasteiger partial charge in [0, 0.05) is 9.26 Å². The molecule has 2 aromatic carbocycles. The molecule has 0 aliphatic carbocycles. The lowest BCUT2D eigenvalue weighted by molar-refractivity contribution is -0.118. The van der Waals surface area contributed by atoms with Gasteiger partial charge in [-0.3, -0.25) is 4.79 Å².